The van der Waals surface area contributed by atoms with E-state index >= 15 is 0 Å². The summed E-state index contributed by atoms with van der Waals surface area (Å²) in [5.41, 5.74) is 5.09. The molecule has 42 heavy (non-hydrogen) atoms. The molecule has 0 radical (unpaired) electrons. The zero-order valence-corrected chi connectivity index (χ0v) is 23.4. The molecule has 1 heterocycles. The lowest BCUT2D eigenvalue weighted by Crippen LogP contribution is -2.53. The third-order valence-corrected chi connectivity index (χ3v) is 8.08. The number of carbonyl (C=O) groups excluding carboxylic acids is 3. The Labute approximate surface area is 244 Å². The molecule has 1 saturated heterocycles. The number of likely N-dealkylation sites (tertiary alicyclic amines) is 1. The van der Waals surface area contributed by atoms with Crippen LogP contribution in [0.15, 0.2) is 78.9 Å². The molecule has 0 saturated carbocycles. The van der Waals surface area contributed by atoms with E-state index in [1.807, 2.05) is 78.9 Å². The minimum Gasteiger partial charge on any atom is -0.481 e. The van der Waals surface area contributed by atoms with Gasteiger partial charge in [-0.3, -0.25) is 14.4 Å². The van der Waals surface area contributed by atoms with Crippen LogP contribution in [0, 0.1) is 11.8 Å². The van der Waals surface area contributed by atoms with Gasteiger partial charge < -0.3 is 24.8 Å². The van der Waals surface area contributed by atoms with Crippen molar-refractivity contribution in [1.29, 1.82) is 0 Å². The number of amides is 2. The number of benzene rings is 3. The molecule has 0 aromatic heterocycles. The summed E-state index contributed by atoms with van der Waals surface area (Å²) in [4.78, 5) is 52.4. The first-order chi connectivity index (χ1) is 20.3. The summed E-state index contributed by atoms with van der Waals surface area (Å²) in [6.45, 7) is 2.28. The number of esters is 1. The minimum absolute atomic E-state index is 0.0343. The fourth-order valence-electron chi connectivity index (χ4n) is 5.88. The average Bonchev–Trinajstić information content (AvgIpc) is 3.32. The number of piperidine rings is 1. The Morgan fingerprint density at radius 2 is 1.52 bits per heavy atom. The summed E-state index contributed by atoms with van der Waals surface area (Å²) in [5.74, 6) is -3.02. The van der Waals surface area contributed by atoms with E-state index in [-0.39, 0.29) is 44.6 Å². The zero-order chi connectivity index (χ0) is 29.6. The molecule has 3 atom stereocenters. The lowest BCUT2D eigenvalue weighted by molar-refractivity contribution is -0.151. The van der Waals surface area contributed by atoms with Gasteiger partial charge in [-0.2, -0.15) is 0 Å². The van der Waals surface area contributed by atoms with Gasteiger partial charge in [-0.25, -0.2) is 4.79 Å². The molecule has 0 spiro atoms. The van der Waals surface area contributed by atoms with Crippen LogP contribution in [0.4, 0.5) is 4.79 Å². The van der Waals surface area contributed by atoms with Gasteiger partial charge in [0, 0.05) is 19.0 Å². The van der Waals surface area contributed by atoms with Crippen molar-refractivity contribution < 1.29 is 33.8 Å². The fourth-order valence-corrected chi connectivity index (χ4v) is 5.88. The molecule has 9 heteroatoms. The highest BCUT2D eigenvalue weighted by Gasteiger charge is 2.37. The number of rotatable bonds is 9. The molecule has 2 amide bonds. The highest BCUT2D eigenvalue weighted by atomic mass is 16.5. The topological polar surface area (TPSA) is 122 Å². The van der Waals surface area contributed by atoms with Crippen LogP contribution in [-0.2, 0) is 30.5 Å². The number of fused-ring (bicyclic) bond motifs is 3. The normalized spacial score (nSPS) is 18.4. The number of hydrogen-bond acceptors (Lipinski definition) is 6. The maximum absolute atomic E-state index is 13.6. The number of nitrogens with zero attached hydrogens (tertiary/aromatic N) is 1. The van der Waals surface area contributed by atoms with E-state index in [1.54, 1.807) is 6.92 Å². The van der Waals surface area contributed by atoms with Gasteiger partial charge in [-0.05, 0) is 40.2 Å². The Kier molecular flexibility index (Phi) is 8.85. The summed E-state index contributed by atoms with van der Waals surface area (Å²) in [6.07, 6.45) is -0.916. The molecular weight excluding hydrogens is 536 g/mol. The van der Waals surface area contributed by atoms with Gasteiger partial charge in [-0.1, -0.05) is 85.8 Å². The number of carboxylic acid groups (broad SMARTS) is 1. The maximum Gasteiger partial charge on any atom is 0.407 e. The quantitative estimate of drug-likeness (QED) is 0.361. The van der Waals surface area contributed by atoms with Crippen LogP contribution >= 0.6 is 0 Å². The van der Waals surface area contributed by atoms with Crippen molar-refractivity contribution in [2.75, 3.05) is 19.7 Å². The molecule has 0 bridgehead atoms. The highest BCUT2D eigenvalue weighted by molar-refractivity contribution is 5.90. The van der Waals surface area contributed by atoms with E-state index in [9.17, 15) is 24.3 Å². The fraction of sp³-hybridized carbons (Fsp3) is 0.333. The van der Waals surface area contributed by atoms with Gasteiger partial charge >= 0.3 is 18.0 Å². The Balaban J connectivity index is 1.26. The van der Waals surface area contributed by atoms with Crippen LogP contribution in [0.5, 0.6) is 0 Å². The molecule has 3 aromatic carbocycles. The summed E-state index contributed by atoms with van der Waals surface area (Å²) in [6, 6.07) is 23.9. The third kappa shape index (κ3) is 6.46. The Morgan fingerprint density at radius 3 is 2.14 bits per heavy atom. The van der Waals surface area contributed by atoms with Crippen molar-refractivity contribution in [2.24, 2.45) is 11.8 Å². The Bertz CT molecular complexity index is 1410. The van der Waals surface area contributed by atoms with Crippen LogP contribution in [-0.4, -0.2) is 59.7 Å². The molecule has 2 aliphatic rings. The summed E-state index contributed by atoms with van der Waals surface area (Å²) < 4.78 is 11.0. The molecule has 1 aliphatic heterocycles. The molecule has 9 nitrogen and oxygen atoms in total. The number of carboxylic acids is 1. The van der Waals surface area contributed by atoms with E-state index in [4.69, 9.17) is 9.47 Å². The van der Waals surface area contributed by atoms with E-state index in [1.165, 1.54) is 4.90 Å². The number of alkyl carbamates (subject to hydrolysis) is 1. The van der Waals surface area contributed by atoms with Crippen molar-refractivity contribution in [3.8, 4) is 11.1 Å². The average molecular weight is 571 g/mol. The second-order valence-electron chi connectivity index (χ2n) is 10.9. The van der Waals surface area contributed by atoms with E-state index in [2.05, 4.69) is 5.32 Å². The van der Waals surface area contributed by atoms with Crippen molar-refractivity contribution in [2.45, 2.75) is 38.3 Å². The molecule has 218 valence electrons. The molecule has 2 unspecified atom stereocenters. The molecular formula is C33H34N2O7. The van der Waals surface area contributed by atoms with Crippen LogP contribution in [0.25, 0.3) is 11.1 Å². The predicted molar refractivity (Wildman–Crippen MR) is 154 cm³/mol. The highest BCUT2D eigenvalue weighted by Crippen LogP contribution is 2.44. The number of ether oxygens (including phenoxy) is 2. The molecule has 1 aliphatic carbocycles. The van der Waals surface area contributed by atoms with Crippen LogP contribution in [0.1, 0.15) is 42.4 Å². The zero-order valence-electron chi connectivity index (χ0n) is 23.4. The van der Waals surface area contributed by atoms with Crippen molar-refractivity contribution in [1.82, 2.24) is 10.2 Å². The van der Waals surface area contributed by atoms with Crippen LogP contribution in [0.2, 0.25) is 0 Å². The lowest BCUT2D eigenvalue weighted by atomic mass is 9.86. The van der Waals surface area contributed by atoms with Gasteiger partial charge in [0.2, 0.25) is 5.91 Å². The van der Waals surface area contributed by atoms with Crippen LogP contribution in [0.3, 0.4) is 0 Å². The second kappa shape index (κ2) is 12.9. The minimum atomic E-state index is -1.22. The number of aliphatic carboxylic acids is 1. The lowest BCUT2D eigenvalue weighted by Gasteiger charge is -2.36. The van der Waals surface area contributed by atoms with E-state index < -0.39 is 35.9 Å². The predicted octanol–water partition coefficient (Wildman–Crippen LogP) is 4.60. The largest absolute Gasteiger partial charge is 0.481 e. The summed E-state index contributed by atoms with van der Waals surface area (Å²) in [7, 11) is 0. The van der Waals surface area contributed by atoms with Crippen LogP contribution < -0.4 is 5.32 Å². The van der Waals surface area contributed by atoms with Gasteiger partial charge in [0.05, 0.1) is 12.3 Å². The van der Waals surface area contributed by atoms with E-state index in [0.29, 0.717) is 6.42 Å². The first-order valence-corrected chi connectivity index (χ1v) is 14.1. The molecule has 3 aromatic rings. The van der Waals surface area contributed by atoms with Crippen molar-refractivity contribution in [3.05, 3.63) is 95.6 Å². The van der Waals surface area contributed by atoms with Gasteiger partial charge in [0.25, 0.3) is 0 Å². The second-order valence-corrected chi connectivity index (χ2v) is 10.9. The maximum atomic E-state index is 13.6. The number of carbonyl (C=O) groups is 4. The van der Waals surface area contributed by atoms with Crippen molar-refractivity contribution >= 4 is 23.9 Å². The standard InChI is InChI=1S/C33H34N2O7/c1-21-18-35(16-15-23(21)32(38)39)31(37)29(17-30(36)41-19-22-9-3-2-4-10-22)34-33(40)42-20-28-26-13-7-5-11-24(26)25-12-6-8-14-27(25)28/h2-14,21,23,28-29H,15-20H2,1H3,(H,34,40)(H,38,39)/t21?,23?,29-/m0/s1. The van der Waals surface area contributed by atoms with Gasteiger partial charge in [-0.15, -0.1) is 0 Å². The first kappa shape index (κ1) is 28.9. The summed E-state index contributed by atoms with van der Waals surface area (Å²) >= 11 is 0. The Morgan fingerprint density at radius 1 is 0.905 bits per heavy atom. The molecule has 2 N–H and O–H groups in total. The van der Waals surface area contributed by atoms with Crippen molar-refractivity contribution in [3.63, 3.8) is 0 Å². The summed E-state index contributed by atoms with van der Waals surface area (Å²) in [5, 5.41) is 12.1. The molecule has 1 fully saturated rings. The Hall–Kier alpha value is -4.66. The smallest absolute Gasteiger partial charge is 0.407 e. The van der Waals surface area contributed by atoms with Gasteiger partial charge in [0.1, 0.15) is 19.3 Å². The number of nitrogens with one attached hydrogen (secondary N) is 1. The molecule has 5 rings (SSSR count). The van der Waals surface area contributed by atoms with E-state index in [0.717, 1.165) is 27.8 Å². The SMILES string of the molecule is CC1CN(C(=O)[C@H](CC(=O)OCc2ccccc2)NC(=O)OCC2c3ccccc3-c3ccccc32)CCC1C(=O)O. The third-order valence-electron chi connectivity index (χ3n) is 8.08. The first-order valence-electron chi connectivity index (χ1n) is 14.1. The van der Waals surface area contributed by atoms with Gasteiger partial charge in [0.15, 0.2) is 0 Å². The monoisotopic (exact) mass is 570 g/mol. The number of hydrogen-bond donors (Lipinski definition) is 2.